The fourth-order valence-corrected chi connectivity index (χ4v) is 3.54. The quantitative estimate of drug-likeness (QED) is 0.787. The molecule has 1 aromatic heterocycles. The van der Waals surface area contributed by atoms with E-state index in [1.807, 2.05) is 24.4 Å². The summed E-state index contributed by atoms with van der Waals surface area (Å²) in [6.07, 6.45) is 11.0. The van der Waals surface area contributed by atoms with Crippen molar-refractivity contribution in [3.05, 3.63) is 36.0 Å². The van der Waals surface area contributed by atoms with Gasteiger partial charge in [-0.3, -0.25) is 4.79 Å². The van der Waals surface area contributed by atoms with Crippen molar-refractivity contribution in [2.75, 3.05) is 0 Å². The first-order valence-corrected chi connectivity index (χ1v) is 8.85. The van der Waals surface area contributed by atoms with Crippen LogP contribution < -0.4 is 11.1 Å². The predicted molar refractivity (Wildman–Crippen MR) is 101 cm³/mol. The fraction of sp³-hybridized carbons (Fsp3) is 0.526. The van der Waals surface area contributed by atoms with Gasteiger partial charge < -0.3 is 16.0 Å². The smallest absolute Gasteiger partial charge is 0.237 e. The van der Waals surface area contributed by atoms with Crippen LogP contribution in [0.1, 0.15) is 50.5 Å². The number of H-pyrrole nitrogens is 1. The lowest BCUT2D eigenvalue weighted by atomic mass is 9.96. The first kappa shape index (κ1) is 18.8. The molecule has 1 atom stereocenters. The van der Waals surface area contributed by atoms with Crippen molar-refractivity contribution >= 4 is 29.2 Å². The minimum absolute atomic E-state index is 0. The van der Waals surface area contributed by atoms with Crippen molar-refractivity contribution in [2.45, 2.75) is 63.5 Å². The van der Waals surface area contributed by atoms with Crippen LogP contribution in [0.25, 0.3) is 10.9 Å². The lowest BCUT2D eigenvalue weighted by Crippen LogP contribution is -2.46. The normalized spacial score (nSPS) is 17.5. The van der Waals surface area contributed by atoms with Gasteiger partial charge in [-0.1, -0.05) is 50.3 Å². The van der Waals surface area contributed by atoms with E-state index in [1.165, 1.54) is 32.1 Å². The number of hydrogen-bond donors (Lipinski definition) is 3. The number of aromatic amines is 1. The molecule has 0 saturated heterocycles. The van der Waals surface area contributed by atoms with Crippen molar-refractivity contribution in [3.8, 4) is 0 Å². The van der Waals surface area contributed by atoms with Crippen LogP contribution in [0.3, 0.4) is 0 Å². The van der Waals surface area contributed by atoms with Gasteiger partial charge in [0.15, 0.2) is 0 Å². The fourth-order valence-electron chi connectivity index (χ4n) is 3.54. The Bertz CT molecular complexity index is 647. The lowest BCUT2D eigenvalue weighted by Gasteiger charge is -2.22. The molecule has 132 valence electrons. The molecule has 4 N–H and O–H groups in total. The maximum Gasteiger partial charge on any atom is 0.237 e. The largest absolute Gasteiger partial charge is 0.361 e. The van der Waals surface area contributed by atoms with E-state index in [1.54, 1.807) is 0 Å². The number of nitrogens with two attached hydrogens (primary N) is 1. The van der Waals surface area contributed by atoms with E-state index in [2.05, 4.69) is 16.4 Å². The molecule has 1 saturated carbocycles. The molecule has 1 aliphatic carbocycles. The zero-order valence-corrected chi connectivity index (χ0v) is 14.9. The number of aromatic nitrogens is 1. The number of carbonyl (C=O) groups is 1. The van der Waals surface area contributed by atoms with E-state index in [-0.39, 0.29) is 18.3 Å². The van der Waals surface area contributed by atoms with Crippen molar-refractivity contribution in [2.24, 2.45) is 5.73 Å². The first-order valence-electron chi connectivity index (χ1n) is 8.85. The summed E-state index contributed by atoms with van der Waals surface area (Å²) in [5.74, 6) is -0.0131. The van der Waals surface area contributed by atoms with E-state index in [4.69, 9.17) is 5.73 Å². The number of nitrogens with one attached hydrogen (secondary N) is 2. The van der Waals surface area contributed by atoms with Crippen LogP contribution in [-0.4, -0.2) is 23.0 Å². The standard InChI is InChI=1S/C19H27N3O.ClH/c20-17(12-14-13-21-18-11-7-6-10-16(14)18)19(23)22-15-8-4-2-1-3-5-9-15;/h6-7,10-11,13,15,17,21H,1-5,8-9,12,20H2,(H,22,23);1H/t17-;/m0./s1. The summed E-state index contributed by atoms with van der Waals surface area (Å²) in [5.41, 5.74) is 8.37. The Balaban J connectivity index is 0.00000208. The summed E-state index contributed by atoms with van der Waals surface area (Å²) in [5, 5.41) is 4.33. The Kier molecular flexibility index (Phi) is 7.13. The molecule has 3 rings (SSSR count). The minimum Gasteiger partial charge on any atom is -0.361 e. The van der Waals surface area contributed by atoms with Gasteiger partial charge >= 0.3 is 0 Å². The topological polar surface area (TPSA) is 70.9 Å². The van der Waals surface area contributed by atoms with Crippen LogP contribution in [0.4, 0.5) is 0 Å². The third-order valence-corrected chi connectivity index (χ3v) is 4.90. The number of carbonyl (C=O) groups excluding carboxylic acids is 1. The molecule has 5 heteroatoms. The number of halogens is 1. The van der Waals surface area contributed by atoms with Gasteiger partial charge in [-0.05, 0) is 30.9 Å². The third-order valence-electron chi connectivity index (χ3n) is 4.90. The van der Waals surface area contributed by atoms with E-state index in [0.29, 0.717) is 12.5 Å². The van der Waals surface area contributed by atoms with E-state index >= 15 is 0 Å². The zero-order valence-electron chi connectivity index (χ0n) is 14.1. The van der Waals surface area contributed by atoms with Crippen LogP contribution in [0, 0.1) is 0 Å². The van der Waals surface area contributed by atoms with Crippen molar-refractivity contribution in [3.63, 3.8) is 0 Å². The Morgan fingerprint density at radius 1 is 1.17 bits per heavy atom. The Morgan fingerprint density at radius 2 is 1.83 bits per heavy atom. The SMILES string of the molecule is Cl.N[C@@H](Cc1c[nH]c2ccccc12)C(=O)NC1CCCCCCC1. The van der Waals surface area contributed by atoms with Crippen molar-refractivity contribution < 1.29 is 4.79 Å². The molecule has 1 heterocycles. The summed E-state index contributed by atoms with van der Waals surface area (Å²) < 4.78 is 0. The van der Waals surface area contributed by atoms with Gasteiger partial charge in [0.1, 0.15) is 0 Å². The molecule has 1 fully saturated rings. The van der Waals surface area contributed by atoms with Gasteiger partial charge in [-0.25, -0.2) is 0 Å². The number of benzene rings is 1. The van der Waals surface area contributed by atoms with E-state index in [9.17, 15) is 4.79 Å². The molecule has 24 heavy (non-hydrogen) atoms. The van der Waals surface area contributed by atoms with Crippen LogP contribution in [-0.2, 0) is 11.2 Å². The second-order valence-electron chi connectivity index (χ2n) is 6.72. The van der Waals surface area contributed by atoms with Crippen LogP contribution in [0.2, 0.25) is 0 Å². The molecule has 1 aliphatic rings. The maximum absolute atomic E-state index is 12.4. The summed E-state index contributed by atoms with van der Waals surface area (Å²) in [6.45, 7) is 0. The summed E-state index contributed by atoms with van der Waals surface area (Å²) in [7, 11) is 0. The summed E-state index contributed by atoms with van der Waals surface area (Å²) in [4.78, 5) is 15.7. The minimum atomic E-state index is -0.486. The highest BCUT2D eigenvalue weighted by Crippen LogP contribution is 2.20. The van der Waals surface area contributed by atoms with Gasteiger partial charge in [-0.15, -0.1) is 12.4 Å². The monoisotopic (exact) mass is 349 g/mol. The van der Waals surface area contributed by atoms with E-state index in [0.717, 1.165) is 29.3 Å². The highest BCUT2D eigenvalue weighted by molar-refractivity contribution is 5.86. The summed E-state index contributed by atoms with van der Waals surface area (Å²) >= 11 is 0. The average molecular weight is 350 g/mol. The van der Waals surface area contributed by atoms with Crippen LogP contribution in [0.5, 0.6) is 0 Å². The third kappa shape index (κ3) is 4.74. The van der Waals surface area contributed by atoms with Crippen LogP contribution >= 0.6 is 12.4 Å². The zero-order chi connectivity index (χ0) is 16.1. The number of rotatable bonds is 4. The second-order valence-corrected chi connectivity index (χ2v) is 6.72. The Labute approximate surface area is 150 Å². The number of fused-ring (bicyclic) bond motifs is 1. The number of amides is 1. The lowest BCUT2D eigenvalue weighted by molar-refractivity contribution is -0.123. The predicted octanol–water partition coefficient (Wildman–Crippen LogP) is 3.69. The Morgan fingerprint density at radius 3 is 2.58 bits per heavy atom. The highest BCUT2D eigenvalue weighted by Gasteiger charge is 2.20. The van der Waals surface area contributed by atoms with Crippen molar-refractivity contribution in [1.29, 1.82) is 0 Å². The maximum atomic E-state index is 12.4. The second kappa shape index (κ2) is 9.09. The molecule has 0 bridgehead atoms. The molecule has 0 unspecified atom stereocenters. The molecule has 1 amide bonds. The summed E-state index contributed by atoms with van der Waals surface area (Å²) in [6, 6.07) is 7.94. The van der Waals surface area contributed by atoms with Crippen molar-refractivity contribution in [1.82, 2.24) is 10.3 Å². The first-order chi connectivity index (χ1) is 11.2. The van der Waals surface area contributed by atoms with Gasteiger partial charge in [0.25, 0.3) is 0 Å². The molecule has 4 nitrogen and oxygen atoms in total. The molecule has 0 aliphatic heterocycles. The van der Waals surface area contributed by atoms with Gasteiger partial charge in [0, 0.05) is 23.1 Å². The molecular weight excluding hydrogens is 322 g/mol. The molecule has 0 spiro atoms. The van der Waals surface area contributed by atoms with Gasteiger partial charge in [0.05, 0.1) is 6.04 Å². The van der Waals surface area contributed by atoms with E-state index < -0.39 is 6.04 Å². The molecule has 1 aromatic carbocycles. The Hall–Kier alpha value is -1.52. The average Bonchev–Trinajstić information content (AvgIpc) is 2.93. The number of hydrogen-bond acceptors (Lipinski definition) is 2. The van der Waals surface area contributed by atoms with Crippen LogP contribution in [0.15, 0.2) is 30.5 Å². The molecule has 0 radical (unpaired) electrons. The molecular formula is C19H28ClN3O. The van der Waals surface area contributed by atoms with Gasteiger partial charge in [0.2, 0.25) is 5.91 Å². The number of para-hydroxylation sites is 1. The van der Waals surface area contributed by atoms with Gasteiger partial charge in [-0.2, -0.15) is 0 Å². The highest BCUT2D eigenvalue weighted by atomic mass is 35.5. The molecule has 2 aromatic rings.